The average molecular weight is 83.1 g/mol. The van der Waals surface area contributed by atoms with Crippen LogP contribution in [0.25, 0.3) is 0 Å². The molecule has 31 valence electrons. The fourth-order valence-electron chi connectivity index (χ4n) is 0.216. The highest BCUT2D eigenvalue weighted by Gasteiger charge is 1.80. The standard InChI is InChI=1S/C3H3N2O/c4-3-1-2-5-6-3/h1-2,4H. The molecule has 6 heavy (non-hydrogen) atoms. The summed E-state index contributed by atoms with van der Waals surface area (Å²) in [4.78, 5) is 0. The maximum Gasteiger partial charge on any atom is 0.243 e. The Morgan fingerprint density at radius 1 is 1.83 bits per heavy atom. The minimum absolute atomic E-state index is 0.106. The number of rotatable bonds is 0. The van der Waals surface area contributed by atoms with Crippen molar-refractivity contribution in [2.45, 2.75) is 0 Å². The Hall–Kier alpha value is -0.990. The van der Waals surface area contributed by atoms with E-state index in [1.54, 1.807) is 0 Å². The fourth-order valence-corrected chi connectivity index (χ4v) is 0.216. The molecule has 0 aliphatic rings. The lowest BCUT2D eigenvalue weighted by Crippen LogP contribution is -1.51. The van der Waals surface area contributed by atoms with Gasteiger partial charge in [0.15, 0.2) is 0 Å². The summed E-state index contributed by atoms with van der Waals surface area (Å²) in [5.41, 5.74) is 6.65. The first-order valence-electron chi connectivity index (χ1n) is 1.52. The van der Waals surface area contributed by atoms with Crippen molar-refractivity contribution >= 4 is 5.88 Å². The van der Waals surface area contributed by atoms with Crippen LogP contribution in [0.15, 0.2) is 16.8 Å². The van der Waals surface area contributed by atoms with E-state index in [1.807, 2.05) is 0 Å². The van der Waals surface area contributed by atoms with Crippen LogP contribution in [0.4, 0.5) is 5.88 Å². The smallest absolute Gasteiger partial charge is 0.243 e. The SMILES string of the molecule is [NH]c1ccno1. The molecule has 3 heteroatoms. The zero-order chi connectivity index (χ0) is 4.41. The van der Waals surface area contributed by atoms with Crippen LogP contribution in [0.1, 0.15) is 0 Å². The van der Waals surface area contributed by atoms with E-state index in [2.05, 4.69) is 9.68 Å². The number of hydrogen-bond donors (Lipinski definition) is 0. The summed E-state index contributed by atoms with van der Waals surface area (Å²) in [7, 11) is 0. The molecule has 1 rings (SSSR count). The molecule has 0 spiro atoms. The van der Waals surface area contributed by atoms with E-state index < -0.39 is 0 Å². The van der Waals surface area contributed by atoms with Gasteiger partial charge in [0.2, 0.25) is 5.88 Å². The molecule has 0 aliphatic carbocycles. The predicted molar refractivity (Wildman–Crippen MR) is 19.3 cm³/mol. The highest BCUT2D eigenvalue weighted by Crippen LogP contribution is 1.95. The zero-order valence-corrected chi connectivity index (χ0v) is 3.01. The maximum atomic E-state index is 6.65. The summed E-state index contributed by atoms with van der Waals surface area (Å²) in [5.74, 6) is 0.106. The molecule has 0 amide bonds. The predicted octanol–water partition coefficient (Wildman–Crippen LogP) is 0.589. The monoisotopic (exact) mass is 83.0 g/mol. The Labute approximate surface area is 34.7 Å². The molecule has 1 aromatic heterocycles. The topological polar surface area (TPSA) is 49.8 Å². The molecule has 1 heterocycles. The molecule has 0 saturated heterocycles. The third-order valence-corrected chi connectivity index (χ3v) is 0.438. The number of nitrogens with zero attached hydrogens (tertiary/aromatic N) is 1. The van der Waals surface area contributed by atoms with Gasteiger partial charge in [-0.1, -0.05) is 5.16 Å². The van der Waals surface area contributed by atoms with Gasteiger partial charge in [-0.3, -0.25) is 5.73 Å². The molecule has 0 fully saturated rings. The van der Waals surface area contributed by atoms with Crippen LogP contribution < -0.4 is 5.73 Å². The second-order valence-electron chi connectivity index (χ2n) is 0.877. The largest absolute Gasteiger partial charge is 0.337 e. The summed E-state index contributed by atoms with van der Waals surface area (Å²) in [6, 6.07) is 1.47. The van der Waals surface area contributed by atoms with E-state index in [0.717, 1.165) is 0 Å². The summed E-state index contributed by atoms with van der Waals surface area (Å²) in [6.45, 7) is 0. The first kappa shape index (κ1) is 3.21. The van der Waals surface area contributed by atoms with Gasteiger partial charge in [0.05, 0.1) is 6.20 Å². The Bertz CT molecular complexity index is 112. The minimum Gasteiger partial charge on any atom is -0.337 e. The number of nitrogens with one attached hydrogen (secondary N) is 1. The van der Waals surface area contributed by atoms with E-state index in [0.29, 0.717) is 0 Å². The molecule has 0 saturated carbocycles. The molecule has 0 atom stereocenters. The third-order valence-electron chi connectivity index (χ3n) is 0.438. The molecule has 0 unspecified atom stereocenters. The van der Waals surface area contributed by atoms with Gasteiger partial charge in [0.1, 0.15) is 0 Å². The quantitative estimate of drug-likeness (QED) is 0.460. The highest BCUT2D eigenvalue weighted by molar-refractivity contribution is 5.12. The maximum absolute atomic E-state index is 6.65. The molecular weight excluding hydrogens is 80.0 g/mol. The van der Waals surface area contributed by atoms with Crippen LogP contribution in [0.3, 0.4) is 0 Å². The van der Waals surface area contributed by atoms with Gasteiger partial charge in [0, 0.05) is 6.07 Å². The molecule has 1 N–H and O–H groups in total. The van der Waals surface area contributed by atoms with Crippen molar-refractivity contribution in [2.24, 2.45) is 0 Å². The normalized spacial score (nSPS) is 8.67. The second-order valence-corrected chi connectivity index (χ2v) is 0.877. The molecule has 0 bridgehead atoms. The summed E-state index contributed by atoms with van der Waals surface area (Å²) in [6.07, 6.45) is 1.43. The van der Waals surface area contributed by atoms with Gasteiger partial charge in [-0.05, 0) is 0 Å². The lowest BCUT2D eigenvalue weighted by atomic mass is 10.7. The van der Waals surface area contributed by atoms with Gasteiger partial charge < -0.3 is 4.52 Å². The van der Waals surface area contributed by atoms with Crippen molar-refractivity contribution in [3.05, 3.63) is 12.3 Å². The average Bonchev–Trinajstić information content (AvgIpc) is 1.86. The highest BCUT2D eigenvalue weighted by atomic mass is 16.5. The summed E-state index contributed by atoms with van der Waals surface area (Å²) in [5, 5.41) is 3.26. The van der Waals surface area contributed by atoms with Crippen molar-refractivity contribution in [3.63, 3.8) is 0 Å². The van der Waals surface area contributed by atoms with Gasteiger partial charge in [-0.25, -0.2) is 0 Å². The van der Waals surface area contributed by atoms with Gasteiger partial charge >= 0.3 is 0 Å². The van der Waals surface area contributed by atoms with Crippen LogP contribution >= 0.6 is 0 Å². The van der Waals surface area contributed by atoms with Crippen molar-refractivity contribution in [2.75, 3.05) is 0 Å². The summed E-state index contributed by atoms with van der Waals surface area (Å²) < 4.78 is 4.25. The zero-order valence-electron chi connectivity index (χ0n) is 3.01. The second kappa shape index (κ2) is 1.01. The van der Waals surface area contributed by atoms with Crippen LogP contribution in [0.5, 0.6) is 0 Å². The number of aromatic nitrogens is 1. The van der Waals surface area contributed by atoms with Crippen molar-refractivity contribution in [3.8, 4) is 0 Å². The Kier molecular flexibility index (Phi) is 0.538. The van der Waals surface area contributed by atoms with Gasteiger partial charge in [0.25, 0.3) is 0 Å². The molecule has 1 aromatic rings. The van der Waals surface area contributed by atoms with Crippen molar-refractivity contribution in [1.29, 1.82) is 0 Å². The molecule has 0 aliphatic heterocycles. The first-order chi connectivity index (χ1) is 2.89. The molecule has 0 aromatic carbocycles. The third kappa shape index (κ3) is 0.337. The van der Waals surface area contributed by atoms with Crippen LogP contribution in [0.2, 0.25) is 0 Å². The van der Waals surface area contributed by atoms with Crippen LogP contribution in [-0.2, 0) is 0 Å². The van der Waals surface area contributed by atoms with E-state index in [4.69, 9.17) is 5.73 Å². The van der Waals surface area contributed by atoms with Crippen LogP contribution in [0, 0.1) is 0 Å². The fraction of sp³-hybridized carbons (Fsp3) is 0. The van der Waals surface area contributed by atoms with Crippen LogP contribution in [-0.4, -0.2) is 5.16 Å². The van der Waals surface area contributed by atoms with Gasteiger partial charge in [-0.15, -0.1) is 0 Å². The van der Waals surface area contributed by atoms with Crippen molar-refractivity contribution in [1.82, 2.24) is 10.9 Å². The van der Waals surface area contributed by atoms with Gasteiger partial charge in [-0.2, -0.15) is 0 Å². The molecule has 3 nitrogen and oxygen atoms in total. The van der Waals surface area contributed by atoms with Crippen molar-refractivity contribution < 1.29 is 4.52 Å². The lowest BCUT2D eigenvalue weighted by Gasteiger charge is -1.64. The van der Waals surface area contributed by atoms with E-state index in [1.165, 1.54) is 12.3 Å². The van der Waals surface area contributed by atoms with E-state index in [9.17, 15) is 0 Å². The van der Waals surface area contributed by atoms with E-state index >= 15 is 0 Å². The molecular formula is C3H3N2O. The summed E-state index contributed by atoms with van der Waals surface area (Å²) >= 11 is 0. The minimum atomic E-state index is 0.106. The first-order valence-corrected chi connectivity index (χ1v) is 1.52. The Balaban J connectivity index is 3.05. The lowest BCUT2D eigenvalue weighted by molar-refractivity contribution is 0.427. The molecule has 1 radical (unpaired) electrons. The number of hydrogen-bond acceptors (Lipinski definition) is 2. The van der Waals surface area contributed by atoms with E-state index in [-0.39, 0.29) is 5.88 Å². The Morgan fingerprint density at radius 2 is 2.67 bits per heavy atom. The Morgan fingerprint density at radius 3 is 2.83 bits per heavy atom.